The molecule has 0 bridgehead atoms. The van der Waals surface area contributed by atoms with E-state index in [0.717, 1.165) is 32.4 Å². The molecule has 1 amide bonds. The van der Waals surface area contributed by atoms with Gasteiger partial charge in [0.1, 0.15) is 0 Å². The van der Waals surface area contributed by atoms with Crippen LogP contribution in [0.3, 0.4) is 0 Å². The van der Waals surface area contributed by atoms with Crippen molar-refractivity contribution in [1.29, 1.82) is 0 Å². The molecule has 1 atom stereocenters. The summed E-state index contributed by atoms with van der Waals surface area (Å²) in [6.07, 6.45) is 3.80. The average Bonchev–Trinajstić information content (AvgIpc) is 3.08. The van der Waals surface area contributed by atoms with Gasteiger partial charge in [0.2, 0.25) is 5.91 Å². The van der Waals surface area contributed by atoms with E-state index in [-0.39, 0.29) is 5.91 Å². The van der Waals surface area contributed by atoms with Crippen molar-refractivity contribution in [2.75, 3.05) is 32.8 Å². The number of carbonyl (C=O) groups is 1. The molecule has 2 fully saturated rings. The maximum absolute atomic E-state index is 12.7. The van der Waals surface area contributed by atoms with Crippen LogP contribution in [0.1, 0.15) is 31.2 Å². The van der Waals surface area contributed by atoms with E-state index in [9.17, 15) is 4.79 Å². The van der Waals surface area contributed by atoms with E-state index in [0.29, 0.717) is 32.3 Å². The monoisotopic (exact) mass is 331 g/mol. The summed E-state index contributed by atoms with van der Waals surface area (Å²) in [7, 11) is 0. The van der Waals surface area contributed by atoms with Gasteiger partial charge < -0.3 is 15.8 Å². The molecular formula is C19H29N3O2. The first-order chi connectivity index (χ1) is 11.7. The molecule has 1 aromatic rings. The lowest BCUT2D eigenvalue weighted by Gasteiger charge is -2.35. The Bertz CT molecular complexity index is 529. The summed E-state index contributed by atoms with van der Waals surface area (Å²) in [5.41, 5.74) is 6.83. The van der Waals surface area contributed by atoms with E-state index in [4.69, 9.17) is 10.5 Å². The van der Waals surface area contributed by atoms with E-state index in [1.807, 2.05) is 6.07 Å². The second-order valence-electron chi connectivity index (χ2n) is 7.06. The minimum atomic E-state index is -0.429. The average molecular weight is 331 g/mol. The van der Waals surface area contributed by atoms with Gasteiger partial charge in [-0.15, -0.1) is 0 Å². The normalized spacial score (nSPS) is 24.0. The number of carbonyl (C=O) groups excluding carboxylic acids is 1. The van der Waals surface area contributed by atoms with Crippen LogP contribution in [0.4, 0.5) is 0 Å². The number of benzene rings is 1. The van der Waals surface area contributed by atoms with Crippen molar-refractivity contribution < 1.29 is 9.53 Å². The molecule has 1 unspecified atom stereocenters. The van der Waals surface area contributed by atoms with Crippen LogP contribution in [0.15, 0.2) is 30.3 Å². The van der Waals surface area contributed by atoms with E-state index in [1.54, 1.807) is 0 Å². The topological polar surface area (TPSA) is 67.6 Å². The molecule has 3 N–H and O–H groups in total. The number of hydrogen-bond acceptors (Lipinski definition) is 4. The number of ether oxygens (including phenoxy) is 1. The molecule has 0 radical (unpaired) electrons. The molecule has 3 rings (SSSR count). The molecule has 2 saturated heterocycles. The standard InChI is InChI=1S/C19H29N3O2/c20-15-19(8-11-24-12-9-19)18(23)21-13-17-7-4-10-22(17)14-16-5-2-1-3-6-16/h1-3,5-6,17H,4,7-15,20H2,(H,21,23). The first-order valence-electron chi connectivity index (χ1n) is 9.08. The van der Waals surface area contributed by atoms with Crippen molar-refractivity contribution >= 4 is 5.91 Å². The number of nitrogens with zero attached hydrogens (tertiary/aromatic N) is 1. The summed E-state index contributed by atoms with van der Waals surface area (Å²) in [5, 5.41) is 3.19. The number of amides is 1. The Balaban J connectivity index is 1.54. The Morgan fingerprint density at radius 2 is 2.04 bits per heavy atom. The van der Waals surface area contributed by atoms with Crippen LogP contribution in [0.5, 0.6) is 0 Å². The van der Waals surface area contributed by atoms with Crippen molar-refractivity contribution in [1.82, 2.24) is 10.2 Å². The molecule has 0 spiro atoms. The van der Waals surface area contributed by atoms with Crippen LogP contribution in [0.2, 0.25) is 0 Å². The Hall–Kier alpha value is -1.43. The molecule has 2 aliphatic heterocycles. The van der Waals surface area contributed by atoms with Gasteiger partial charge in [-0.2, -0.15) is 0 Å². The van der Waals surface area contributed by atoms with Crippen molar-refractivity contribution in [3.63, 3.8) is 0 Å². The van der Waals surface area contributed by atoms with E-state index >= 15 is 0 Å². The van der Waals surface area contributed by atoms with Crippen LogP contribution >= 0.6 is 0 Å². The Labute approximate surface area is 144 Å². The number of likely N-dealkylation sites (tertiary alicyclic amines) is 1. The maximum Gasteiger partial charge on any atom is 0.227 e. The van der Waals surface area contributed by atoms with E-state index < -0.39 is 5.41 Å². The predicted octanol–water partition coefficient (Wildman–Crippen LogP) is 1.52. The molecule has 5 heteroatoms. The van der Waals surface area contributed by atoms with E-state index in [1.165, 1.54) is 12.0 Å². The van der Waals surface area contributed by atoms with E-state index in [2.05, 4.69) is 34.5 Å². The largest absolute Gasteiger partial charge is 0.381 e. The third kappa shape index (κ3) is 3.97. The van der Waals surface area contributed by atoms with Gasteiger partial charge in [0, 0.05) is 38.9 Å². The van der Waals surface area contributed by atoms with Gasteiger partial charge in [-0.25, -0.2) is 0 Å². The zero-order valence-corrected chi connectivity index (χ0v) is 14.4. The summed E-state index contributed by atoms with van der Waals surface area (Å²) >= 11 is 0. The molecule has 2 heterocycles. The minimum absolute atomic E-state index is 0.111. The first kappa shape index (κ1) is 17.4. The molecule has 0 aromatic heterocycles. The van der Waals surface area contributed by atoms with Gasteiger partial charge in [-0.05, 0) is 37.8 Å². The third-order valence-corrected chi connectivity index (χ3v) is 5.55. The fraction of sp³-hybridized carbons (Fsp3) is 0.632. The van der Waals surface area contributed by atoms with Crippen LogP contribution in [0.25, 0.3) is 0 Å². The second-order valence-corrected chi connectivity index (χ2v) is 7.06. The fourth-order valence-electron chi connectivity index (χ4n) is 3.84. The molecule has 132 valence electrons. The van der Waals surface area contributed by atoms with Gasteiger partial charge in [-0.1, -0.05) is 30.3 Å². The zero-order valence-electron chi connectivity index (χ0n) is 14.4. The summed E-state index contributed by atoms with van der Waals surface area (Å²) in [6.45, 7) is 4.44. The van der Waals surface area contributed by atoms with Crippen LogP contribution in [0, 0.1) is 5.41 Å². The van der Waals surface area contributed by atoms with Gasteiger partial charge in [0.25, 0.3) is 0 Å². The number of nitrogens with one attached hydrogen (secondary N) is 1. The van der Waals surface area contributed by atoms with Crippen molar-refractivity contribution in [2.24, 2.45) is 11.1 Å². The zero-order chi connectivity index (χ0) is 16.8. The molecular weight excluding hydrogens is 302 g/mol. The minimum Gasteiger partial charge on any atom is -0.381 e. The summed E-state index contributed by atoms with van der Waals surface area (Å²) < 4.78 is 5.39. The summed E-state index contributed by atoms with van der Waals surface area (Å²) in [4.78, 5) is 15.2. The fourth-order valence-corrected chi connectivity index (χ4v) is 3.84. The molecule has 24 heavy (non-hydrogen) atoms. The number of rotatable bonds is 6. The second kappa shape index (κ2) is 8.10. The highest BCUT2D eigenvalue weighted by atomic mass is 16.5. The van der Waals surface area contributed by atoms with Crippen molar-refractivity contribution in [3.05, 3.63) is 35.9 Å². The smallest absolute Gasteiger partial charge is 0.227 e. The van der Waals surface area contributed by atoms with Crippen LogP contribution < -0.4 is 11.1 Å². The van der Waals surface area contributed by atoms with Crippen LogP contribution in [-0.2, 0) is 16.1 Å². The number of nitrogens with two attached hydrogens (primary N) is 1. The first-order valence-corrected chi connectivity index (χ1v) is 9.08. The van der Waals surface area contributed by atoms with Gasteiger partial charge >= 0.3 is 0 Å². The highest BCUT2D eigenvalue weighted by molar-refractivity contribution is 5.83. The highest BCUT2D eigenvalue weighted by Gasteiger charge is 2.39. The SMILES string of the molecule is NCC1(C(=O)NCC2CCCN2Cc2ccccc2)CCOCC1. The lowest BCUT2D eigenvalue weighted by molar-refractivity contribution is -0.136. The molecule has 5 nitrogen and oxygen atoms in total. The third-order valence-electron chi connectivity index (χ3n) is 5.55. The van der Waals surface area contributed by atoms with Crippen molar-refractivity contribution in [3.8, 4) is 0 Å². The van der Waals surface area contributed by atoms with Gasteiger partial charge in [0.05, 0.1) is 5.41 Å². The molecule has 0 aliphatic carbocycles. The Kier molecular flexibility index (Phi) is 5.87. The van der Waals surface area contributed by atoms with Crippen molar-refractivity contribution in [2.45, 2.75) is 38.3 Å². The lowest BCUT2D eigenvalue weighted by Crippen LogP contribution is -2.51. The maximum atomic E-state index is 12.7. The Morgan fingerprint density at radius 1 is 1.29 bits per heavy atom. The highest BCUT2D eigenvalue weighted by Crippen LogP contribution is 2.29. The molecule has 1 aromatic carbocycles. The lowest BCUT2D eigenvalue weighted by atomic mass is 9.79. The molecule has 2 aliphatic rings. The summed E-state index contributed by atoms with van der Waals surface area (Å²) in [6, 6.07) is 11.0. The van der Waals surface area contributed by atoms with Gasteiger partial charge in [-0.3, -0.25) is 9.69 Å². The van der Waals surface area contributed by atoms with Crippen LogP contribution in [-0.4, -0.2) is 49.7 Å². The predicted molar refractivity (Wildman–Crippen MR) is 94.4 cm³/mol. The molecule has 0 saturated carbocycles. The number of hydrogen-bond donors (Lipinski definition) is 2. The quantitative estimate of drug-likeness (QED) is 0.829. The van der Waals surface area contributed by atoms with Gasteiger partial charge in [0.15, 0.2) is 0 Å². The summed E-state index contributed by atoms with van der Waals surface area (Å²) in [5.74, 6) is 0.111. The Morgan fingerprint density at radius 3 is 2.75 bits per heavy atom.